The van der Waals surface area contributed by atoms with Gasteiger partial charge < -0.3 is 10.4 Å². The van der Waals surface area contributed by atoms with Gasteiger partial charge in [-0.25, -0.2) is 0 Å². The van der Waals surface area contributed by atoms with Crippen molar-refractivity contribution in [1.82, 2.24) is 20.7 Å². The maximum atomic E-state index is 10.2. The highest BCUT2D eigenvalue weighted by Crippen LogP contribution is 2.21. The first-order valence-electron chi connectivity index (χ1n) is 7.71. The third kappa shape index (κ3) is 3.49. The summed E-state index contributed by atoms with van der Waals surface area (Å²) in [5, 5.41) is 24.8. The lowest BCUT2D eigenvalue weighted by Crippen LogP contribution is -2.38. The fraction of sp³-hybridized carbons (Fsp3) is 0.500. The fourth-order valence-corrected chi connectivity index (χ4v) is 2.96. The zero-order valence-corrected chi connectivity index (χ0v) is 12.1. The lowest BCUT2D eigenvalue weighted by atomic mass is 10.1. The van der Waals surface area contributed by atoms with Gasteiger partial charge in [0.15, 0.2) is 0 Å². The highest BCUT2D eigenvalue weighted by atomic mass is 16.3. The number of hydrogen-bond acceptors (Lipinski definition) is 4. The van der Waals surface area contributed by atoms with Crippen LogP contribution < -0.4 is 5.32 Å². The Balaban J connectivity index is 1.67. The second kappa shape index (κ2) is 6.83. The van der Waals surface area contributed by atoms with E-state index in [4.69, 9.17) is 0 Å². The van der Waals surface area contributed by atoms with E-state index in [1.807, 2.05) is 30.3 Å². The first-order chi connectivity index (χ1) is 10.3. The van der Waals surface area contributed by atoms with Gasteiger partial charge in [0.25, 0.3) is 0 Å². The molecule has 1 aromatic carbocycles. The van der Waals surface area contributed by atoms with Gasteiger partial charge in [-0.2, -0.15) is 15.4 Å². The molecule has 0 spiro atoms. The molecule has 0 saturated heterocycles. The van der Waals surface area contributed by atoms with Gasteiger partial charge in [-0.05, 0) is 12.8 Å². The Bertz CT molecular complexity index is 554. The van der Waals surface area contributed by atoms with Gasteiger partial charge in [0.1, 0.15) is 11.4 Å². The fourth-order valence-electron chi connectivity index (χ4n) is 2.96. The average Bonchev–Trinajstić information content (AvgIpc) is 2.89. The predicted octanol–water partition coefficient (Wildman–Crippen LogP) is 2.25. The molecule has 0 radical (unpaired) electrons. The summed E-state index contributed by atoms with van der Waals surface area (Å²) >= 11 is 0. The molecule has 1 aliphatic rings. The first-order valence-corrected chi connectivity index (χ1v) is 7.71. The molecule has 1 saturated carbocycles. The van der Waals surface area contributed by atoms with Crippen molar-refractivity contribution in [3.8, 4) is 11.3 Å². The van der Waals surface area contributed by atoms with E-state index < -0.39 is 0 Å². The third-order valence-electron chi connectivity index (χ3n) is 4.18. The zero-order valence-electron chi connectivity index (χ0n) is 12.1. The molecule has 0 amide bonds. The molecule has 1 heterocycles. The van der Waals surface area contributed by atoms with Gasteiger partial charge in [0.05, 0.1) is 6.10 Å². The van der Waals surface area contributed by atoms with Gasteiger partial charge in [0, 0.05) is 18.2 Å². The smallest absolute Gasteiger partial charge is 0.117 e. The van der Waals surface area contributed by atoms with Crippen LogP contribution in [0.2, 0.25) is 0 Å². The molecule has 0 aliphatic heterocycles. The molecule has 1 aromatic heterocycles. The van der Waals surface area contributed by atoms with Gasteiger partial charge in [-0.1, -0.05) is 49.6 Å². The summed E-state index contributed by atoms with van der Waals surface area (Å²) in [5.74, 6) is 0. The van der Waals surface area contributed by atoms with E-state index in [0.29, 0.717) is 6.54 Å². The molecule has 5 heteroatoms. The van der Waals surface area contributed by atoms with Gasteiger partial charge in [-0.3, -0.25) is 0 Å². The Morgan fingerprint density at radius 1 is 1.10 bits per heavy atom. The summed E-state index contributed by atoms with van der Waals surface area (Å²) in [4.78, 5) is 0. The quantitative estimate of drug-likeness (QED) is 0.754. The summed E-state index contributed by atoms with van der Waals surface area (Å²) in [5.41, 5.74) is 2.84. The minimum atomic E-state index is -0.250. The van der Waals surface area contributed by atoms with Crippen molar-refractivity contribution in [1.29, 1.82) is 0 Å². The van der Waals surface area contributed by atoms with E-state index >= 15 is 0 Å². The van der Waals surface area contributed by atoms with Crippen LogP contribution in [0, 0.1) is 0 Å². The number of aromatic nitrogens is 3. The van der Waals surface area contributed by atoms with Crippen molar-refractivity contribution in [3.63, 3.8) is 0 Å². The molecule has 3 N–H and O–H groups in total. The predicted molar refractivity (Wildman–Crippen MR) is 81.5 cm³/mol. The van der Waals surface area contributed by atoms with Gasteiger partial charge >= 0.3 is 0 Å². The van der Waals surface area contributed by atoms with E-state index in [-0.39, 0.29) is 12.1 Å². The van der Waals surface area contributed by atoms with Crippen molar-refractivity contribution >= 4 is 0 Å². The number of hydrogen-bond donors (Lipinski definition) is 3. The summed E-state index contributed by atoms with van der Waals surface area (Å²) < 4.78 is 0. The maximum absolute atomic E-state index is 10.2. The Labute approximate surface area is 124 Å². The number of nitrogens with one attached hydrogen (secondary N) is 2. The molecule has 2 atom stereocenters. The van der Waals surface area contributed by atoms with Crippen LogP contribution in [0.3, 0.4) is 0 Å². The number of aliphatic hydroxyl groups excluding tert-OH is 1. The molecule has 21 heavy (non-hydrogen) atoms. The van der Waals surface area contributed by atoms with E-state index in [1.54, 1.807) is 0 Å². The molecule has 3 rings (SSSR count). The number of nitrogens with zero attached hydrogens (tertiary/aromatic N) is 2. The average molecular weight is 286 g/mol. The van der Waals surface area contributed by atoms with Crippen molar-refractivity contribution in [2.45, 2.75) is 50.8 Å². The molecular weight excluding hydrogens is 264 g/mol. The van der Waals surface area contributed by atoms with Crippen LogP contribution in [-0.2, 0) is 6.54 Å². The molecule has 2 aromatic rings. The second-order valence-electron chi connectivity index (χ2n) is 5.68. The van der Waals surface area contributed by atoms with Crippen LogP contribution in [0.4, 0.5) is 0 Å². The summed E-state index contributed by atoms with van der Waals surface area (Å²) in [6.45, 7) is 0.627. The van der Waals surface area contributed by atoms with Crippen LogP contribution in [0.1, 0.15) is 37.8 Å². The molecule has 1 aliphatic carbocycles. The normalized spacial score (nSPS) is 22.9. The third-order valence-corrected chi connectivity index (χ3v) is 4.18. The Morgan fingerprint density at radius 2 is 1.90 bits per heavy atom. The van der Waals surface area contributed by atoms with Crippen LogP contribution in [0.15, 0.2) is 30.3 Å². The number of benzene rings is 1. The second-order valence-corrected chi connectivity index (χ2v) is 5.68. The van der Waals surface area contributed by atoms with Crippen molar-refractivity contribution in [3.05, 3.63) is 36.0 Å². The maximum Gasteiger partial charge on any atom is 0.117 e. The number of rotatable bonds is 4. The van der Waals surface area contributed by atoms with Crippen LogP contribution >= 0.6 is 0 Å². The van der Waals surface area contributed by atoms with Crippen LogP contribution in [0.25, 0.3) is 11.3 Å². The van der Waals surface area contributed by atoms with E-state index in [9.17, 15) is 5.11 Å². The monoisotopic (exact) mass is 286 g/mol. The molecule has 5 nitrogen and oxygen atoms in total. The highest BCUT2D eigenvalue weighted by molar-refractivity contribution is 5.60. The van der Waals surface area contributed by atoms with Crippen LogP contribution in [0.5, 0.6) is 0 Å². The van der Waals surface area contributed by atoms with E-state index in [1.165, 1.54) is 12.8 Å². The molecule has 0 bridgehead atoms. The SMILES string of the molecule is OC1CCCCCC1NCc1n[nH]nc1-c1ccccc1. The van der Waals surface area contributed by atoms with E-state index in [0.717, 1.165) is 36.2 Å². The summed E-state index contributed by atoms with van der Waals surface area (Å²) in [6, 6.07) is 10.2. The van der Waals surface area contributed by atoms with Crippen molar-refractivity contribution in [2.24, 2.45) is 0 Å². The molecule has 1 fully saturated rings. The first kappa shape index (κ1) is 14.2. The molecule has 2 unspecified atom stereocenters. The van der Waals surface area contributed by atoms with Crippen LogP contribution in [-0.4, -0.2) is 32.7 Å². The van der Waals surface area contributed by atoms with Gasteiger partial charge in [-0.15, -0.1) is 0 Å². The Morgan fingerprint density at radius 3 is 2.76 bits per heavy atom. The molecule has 112 valence electrons. The van der Waals surface area contributed by atoms with Crippen molar-refractivity contribution < 1.29 is 5.11 Å². The lowest BCUT2D eigenvalue weighted by molar-refractivity contribution is 0.119. The lowest BCUT2D eigenvalue weighted by Gasteiger charge is -2.21. The highest BCUT2D eigenvalue weighted by Gasteiger charge is 2.21. The molecular formula is C16H22N4O. The zero-order chi connectivity index (χ0) is 14.5. The Kier molecular flexibility index (Phi) is 4.62. The number of H-pyrrole nitrogens is 1. The Hall–Kier alpha value is -1.72. The van der Waals surface area contributed by atoms with E-state index in [2.05, 4.69) is 20.7 Å². The number of aromatic amines is 1. The van der Waals surface area contributed by atoms with Gasteiger partial charge in [0.2, 0.25) is 0 Å². The topological polar surface area (TPSA) is 73.8 Å². The minimum absolute atomic E-state index is 0.160. The standard InChI is InChI=1S/C16H22N4O/c21-15-10-6-2-5-9-13(15)17-11-14-16(19-20-18-14)12-7-3-1-4-8-12/h1,3-4,7-8,13,15,17,21H,2,5-6,9-11H2,(H,18,19,20). The number of aliphatic hydroxyl groups is 1. The van der Waals surface area contributed by atoms with Crippen molar-refractivity contribution in [2.75, 3.05) is 0 Å². The minimum Gasteiger partial charge on any atom is -0.392 e. The summed E-state index contributed by atoms with van der Waals surface area (Å²) in [7, 11) is 0. The largest absolute Gasteiger partial charge is 0.392 e. The summed E-state index contributed by atoms with van der Waals surface area (Å²) in [6.07, 6.45) is 5.19.